The normalized spacial score (nSPS) is 11.4. The maximum absolute atomic E-state index is 12.8. The average Bonchev–Trinajstić information content (AvgIpc) is 3.10. The number of thiazole rings is 1. The van der Waals surface area contributed by atoms with Gasteiger partial charge in [0.05, 0.1) is 21.4 Å². The van der Waals surface area contributed by atoms with Crippen molar-refractivity contribution in [2.45, 2.75) is 13.1 Å². The lowest BCUT2D eigenvalue weighted by atomic mass is 10.2. The van der Waals surface area contributed by atoms with Gasteiger partial charge in [-0.05, 0) is 30.3 Å². The van der Waals surface area contributed by atoms with E-state index in [0.29, 0.717) is 28.1 Å². The number of hydrogen-bond donors (Lipinski definition) is 0. The summed E-state index contributed by atoms with van der Waals surface area (Å²) in [7, 11) is 1.98. The van der Waals surface area contributed by atoms with Crippen LogP contribution in [-0.2, 0) is 13.1 Å². The summed E-state index contributed by atoms with van der Waals surface area (Å²) < 4.78 is 1.67. The Bertz CT molecular complexity index is 1190. The van der Waals surface area contributed by atoms with E-state index < -0.39 is 0 Å². The molecule has 0 saturated heterocycles. The van der Waals surface area contributed by atoms with Crippen LogP contribution in [-0.4, -0.2) is 21.3 Å². The number of fused-ring (bicyclic) bond motifs is 1. The molecule has 0 aliphatic rings. The Morgan fingerprint density at radius 2 is 1.82 bits per heavy atom. The summed E-state index contributed by atoms with van der Waals surface area (Å²) in [6, 6.07) is 17.1. The topological polar surface area (TPSA) is 37.6 Å². The number of nitrogens with zero attached hydrogens (tertiary/aromatic N) is 3. The Morgan fingerprint density at radius 3 is 2.57 bits per heavy atom. The molecule has 0 aliphatic heterocycles. The van der Waals surface area contributed by atoms with Crippen molar-refractivity contribution in [3.63, 3.8) is 0 Å². The molecular weight excluding hydrogens is 413 g/mol. The molecule has 0 N–H and O–H groups in total. The number of hydrogen-bond acceptors (Lipinski definition) is 4. The minimum atomic E-state index is -0.0666. The first-order valence-corrected chi connectivity index (χ1v) is 10.3. The number of benzene rings is 2. The highest BCUT2D eigenvalue weighted by molar-refractivity contribution is 7.15. The highest BCUT2D eigenvalue weighted by Gasteiger charge is 2.12. The number of aromatic nitrogens is 2. The fourth-order valence-corrected chi connectivity index (χ4v) is 4.38. The van der Waals surface area contributed by atoms with Crippen LogP contribution in [0.25, 0.3) is 16.2 Å². The van der Waals surface area contributed by atoms with Gasteiger partial charge in [-0.1, -0.05) is 59.6 Å². The van der Waals surface area contributed by atoms with Gasteiger partial charge in [0, 0.05) is 24.5 Å². The van der Waals surface area contributed by atoms with Gasteiger partial charge >= 0.3 is 0 Å². The van der Waals surface area contributed by atoms with Gasteiger partial charge in [-0.15, -0.1) is 11.3 Å². The summed E-state index contributed by atoms with van der Waals surface area (Å²) in [4.78, 5) is 20.2. The molecule has 7 heteroatoms. The second-order valence-corrected chi connectivity index (χ2v) is 8.26. The predicted molar refractivity (Wildman–Crippen MR) is 116 cm³/mol. The second kappa shape index (κ2) is 8.05. The van der Waals surface area contributed by atoms with Crippen LogP contribution in [0.2, 0.25) is 10.0 Å². The molecule has 2 aromatic carbocycles. The zero-order chi connectivity index (χ0) is 19.7. The van der Waals surface area contributed by atoms with Crippen molar-refractivity contribution < 1.29 is 0 Å². The van der Waals surface area contributed by atoms with Gasteiger partial charge in [0.1, 0.15) is 0 Å². The van der Waals surface area contributed by atoms with Gasteiger partial charge in [0.15, 0.2) is 4.96 Å². The predicted octanol–water partition coefficient (Wildman–Crippen LogP) is 5.36. The van der Waals surface area contributed by atoms with Crippen molar-refractivity contribution in [1.29, 1.82) is 0 Å². The van der Waals surface area contributed by atoms with Crippen LogP contribution in [0.3, 0.4) is 0 Å². The van der Waals surface area contributed by atoms with Crippen molar-refractivity contribution >= 4 is 39.5 Å². The Hall–Kier alpha value is -2.18. The quantitative estimate of drug-likeness (QED) is 0.428. The lowest BCUT2D eigenvalue weighted by molar-refractivity contribution is 0.315. The first-order chi connectivity index (χ1) is 13.5. The Balaban J connectivity index is 1.58. The van der Waals surface area contributed by atoms with Gasteiger partial charge in [-0.3, -0.25) is 14.1 Å². The van der Waals surface area contributed by atoms with E-state index in [-0.39, 0.29) is 5.56 Å². The van der Waals surface area contributed by atoms with Crippen LogP contribution in [0, 0.1) is 0 Å². The molecule has 142 valence electrons. The van der Waals surface area contributed by atoms with Crippen molar-refractivity contribution in [1.82, 2.24) is 14.3 Å². The summed E-state index contributed by atoms with van der Waals surface area (Å²) in [5.74, 6) is 0. The second-order valence-electron chi connectivity index (χ2n) is 6.61. The minimum absolute atomic E-state index is 0.0666. The third-order valence-corrected chi connectivity index (χ3v) is 5.96. The number of halogens is 2. The molecule has 4 nitrogen and oxygen atoms in total. The lowest BCUT2D eigenvalue weighted by Crippen LogP contribution is -2.21. The molecule has 0 aliphatic carbocycles. The largest absolute Gasteiger partial charge is 0.296 e. The summed E-state index contributed by atoms with van der Waals surface area (Å²) in [5, 5.41) is 3.06. The maximum Gasteiger partial charge on any atom is 0.259 e. The van der Waals surface area contributed by atoms with Gasteiger partial charge in [0.2, 0.25) is 0 Å². The first-order valence-electron chi connectivity index (χ1n) is 8.69. The maximum atomic E-state index is 12.8. The lowest BCUT2D eigenvalue weighted by Gasteiger charge is -2.16. The van der Waals surface area contributed by atoms with Crippen LogP contribution in [0.5, 0.6) is 0 Å². The molecule has 4 rings (SSSR count). The summed E-state index contributed by atoms with van der Waals surface area (Å²) >= 11 is 13.5. The molecule has 0 saturated carbocycles. The molecule has 2 heterocycles. The molecule has 4 aromatic rings. The Kier molecular flexibility index (Phi) is 5.51. The van der Waals surface area contributed by atoms with E-state index in [4.69, 9.17) is 23.2 Å². The van der Waals surface area contributed by atoms with Gasteiger partial charge in [-0.2, -0.15) is 0 Å². The van der Waals surface area contributed by atoms with E-state index >= 15 is 0 Å². The SMILES string of the molecule is CN(Cc1ccc(Cl)c(Cl)c1)Cc1cc(=O)n2c(-c3ccccc3)csc2n1. The molecule has 28 heavy (non-hydrogen) atoms. The summed E-state index contributed by atoms with van der Waals surface area (Å²) in [6.07, 6.45) is 0. The molecule has 0 fully saturated rings. The van der Waals surface area contributed by atoms with Crippen LogP contribution in [0.1, 0.15) is 11.3 Å². The van der Waals surface area contributed by atoms with Crippen LogP contribution >= 0.6 is 34.5 Å². The number of rotatable bonds is 5. The van der Waals surface area contributed by atoms with E-state index in [2.05, 4.69) is 9.88 Å². The molecule has 0 radical (unpaired) electrons. The molecule has 0 unspecified atom stereocenters. The van der Waals surface area contributed by atoms with E-state index in [1.807, 2.05) is 54.9 Å². The van der Waals surface area contributed by atoms with Crippen molar-refractivity contribution in [3.05, 3.63) is 91.6 Å². The van der Waals surface area contributed by atoms with Crippen LogP contribution < -0.4 is 5.56 Å². The van der Waals surface area contributed by atoms with E-state index in [1.165, 1.54) is 11.3 Å². The monoisotopic (exact) mass is 429 g/mol. The summed E-state index contributed by atoms with van der Waals surface area (Å²) in [5.41, 5.74) is 3.60. The van der Waals surface area contributed by atoms with E-state index in [9.17, 15) is 4.79 Å². The van der Waals surface area contributed by atoms with Crippen LogP contribution in [0.4, 0.5) is 0 Å². The smallest absolute Gasteiger partial charge is 0.259 e. The Morgan fingerprint density at radius 1 is 1.04 bits per heavy atom. The summed E-state index contributed by atoms with van der Waals surface area (Å²) in [6.45, 7) is 1.24. The van der Waals surface area contributed by atoms with E-state index in [1.54, 1.807) is 16.5 Å². The highest BCUT2D eigenvalue weighted by atomic mass is 35.5. The molecule has 0 atom stereocenters. The zero-order valence-electron chi connectivity index (χ0n) is 15.1. The van der Waals surface area contributed by atoms with E-state index in [0.717, 1.165) is 22.5 Å². The van der Waals surface area contributed by atoms with Crippen molar-refractivity contribution in [3.8, 4) is 11.3 Å². The standard InChI is InChI=1S/C21H17Cl2N3OS/c1-25(11-14-7-8-17(22)18(23)9-14)12-16-10-20(27)26-19(13-28-21(26)24-16)15-5-3-2-4-6-15/h2-10,13H,11-12H2,1H3. The fraction of sp³-hybridized carbons (Fsp3) is 0.143. The van der Waals surface area contributed by atoms with Gasteiger partial charge in [-0.25, -0.2) is 4.98 Å². The Labute approximate surface area is 176 Å². The molecule has 0 spiro atoms. The molecular formula is C21H17Cl2N3OS. The average molecular weight is 430 g/mol. The molecule has 0 bridgehead atoms. The molecule has 2 aromatic heterocycles. The fourth-order valence-electron chi connectivity index (χ4n) is 3.14. The third kappa shape index (κ3) is 3.98. The zero-order valence-corrected chi connectivity index (χ0v) is 17.4. The van der Waals surface area contributed by atoms with Gasteiger partial charge in [0.25, 0.3) is 5.56 Å². The highest BCUT2D eigenvalue weighted by Crippen LogP contribution is 2.25. The minimum Gasteiger partial charge on any atom is -0.296 e. The molecule has 0 amide bonds. The van der Waals surface area contributed by atoms with Crippen LogP contribution in [0.15, 0.2) is 64.8 Å². The van der Waals surface area contributed by atoms with Crippen molar-refractivity contribution in [2.75, 3.05) is 7.05 Å². The van der Waals surface area contributed by atoms with Gasteiger partial charge < -0.3 is 0 Å². The third-order valence-electron chi connectivity index (χ3n) is 4.40. The van der Waals surface area contributed by atoms with Crippen molar-refractivity contribution in [2.24, 2.45) is 0 Å². The first kappa shape index (κ1) is 19.2.